The molecule has 0 unspecified atom stereocenters. The molecule has 0 aliphatic carbocycles. The van der Waals surface area contributed by atoms with Crippen LogP contribution in [-0.2, 0) is 0 Å². The quantitative estimate of drug-likeness (QED) is 0.506. The molecule has 2 aromatic carbocycles. The van der Waals surface area contributed by atoms with Crippen LogP contribution in [0.25, 0.3) is 10.8 Å². The molecule has 17 heavy (non-hydrogen) atoms. The van der Waals surface area contributed by atoms with E-state index in [9.17, 15) is 0 Å². The topological polar surface area (TPSA) is 0 Å². The second-order valence-electron chi connectivity index (χ2n) is 5.67. The summed E-state index contributed by atoms with van der Waals surface area (Å²) in [5.41, 5.74) is 2.60. The van der Waals surface area contributed by atoms with E-state index < -0.39 is 8.07 Å². The van der Waals surface area contributed by atoms with Crippen molar-refractivity contribution in [2.24, 2.45) is 0 Å². The van der Waals surface area contributed by atoms with Gasteiger partial charge in [0, 0.05) is 0 Å². The van der Waals surface area contributed by atoms with E-state index in [2.05, 4.69) is 63.8 Å². The van der Waals surface area contributed by atoms with Crippen molar-refractivity contribution in [1.29, 1.82) is 0 Å². The van der Waals surface area contributed by atoms with Gasteiger partial charge in [-0.15, -0.1) is 45.8 Å². The summed E-state index contributed by atoms with van der Waals surface area (Å²) >= 11 is 0. The van der Waals surface area contributed by atoms with Crippen LogP contribution in [0.2, 0.25) is 19.6 Å². The first-order valence-electron chi connectivity index (χ1n) is 5.82. The van der Waals surface area contributed by atoms with Gasteiger partial charge in [0.05, 0.1) is 8.07 Å². The van der Waals surface area contributed by atoms with Crippen LogP contribution in [0.4, 0.5) is 0 Å². The normalized spacial score (nSPS) is 11.4. The summed E-state index contributed by atoms with van der Waals surface area (Å²) in [6, 6.07) is 12.5. The molecule has 2 heteroatoms. The van der Waals surface area contributed by atoms with Crippen LogP contribution in [0.5, 0.6) is 0 Å². The smallest absolute Gasteiger partial charge is 0.143 e. The molecule has 84 valence electrons. The maximum atomic E-state index is 3.45. The molecule has 0 spiro atoms. The molecule has 0 aliphatic heterocycles. The van der Waals surface area contributed by atoms with E-state index in [1.807, 2.05) is 0 Å². The fraction of sp³-hybridized carbons (Fsp3) is 0.333. The zero-order valence-corrected chi connectivity index (χ0v) is 12.8. The van der Waals surface area contributed by atoms with Gasteiger partial charge in [-0.25, -0.2) is 0 Å². The molecule has 0 aliphatic rings. The first-order chi connectivity index (χ1) is 7.38. The van der Waals surface area contributed by atoms with Crippen molar-refractivity contribution in [3.8, 4) is 0 Å². The largest absolute Gasteiger partial charge is 1.00 e. The fourth-order valence-corrected chi connectivity index (χ4v) is 3.82. The Balaban J connectivity index is 0.00000144. The van der Waals surface area contributed by atoms with Crippen molar-refractivity contribution in [3.63, 3.8) is 0 Å². The molecule has 0 nitrogen and oxygen atoms in total. The Morgan fingerprint density at radius 3 is 2.24 bits per heavy atom. The molecule has 0 N–H and O–H groups in total. The molecule has 0 radical (unpaired) electrons. The molecule has 0 fully saturated rings. The molecule has 2 rings (SSSR count). The fourth-order valence-electron chi connectivity index (χ4n) is 2.15. The minimum absolute atomic E-state index is 0. The van der Waals surface area contributed by atoms with Crippen LogP contribution in [0.1, 0.15) is 11.1 Å². The van der Waals surface area contributed by atoms with Crippen molar-refractivity contribution >= 4 is 24.0 Å². The Morgan fingerprint density at radius 2 is 1.65 bits per heavy atom. The second-order valence-corrected chi connectivity index (χ2v) is 10.7. The van der Waals surface area contributed by atoms with E-state index in [4.69, 9.17) is 0 Å². The van der Waals surface area contributed by atoms with Crippen LogP contribution >= 0.6 is 0 Å². The van der Waals surface area contributed by atoms with Gasteiger partial charge in [0.1, 0.15) is 0 Å². The number of rotatable bonds is 1. The van der Waals surface area contributed by atoms with Crippen LogP contribution in [0, 0.1) is 19.9 Å². The molecule has 0 bridgehead atoms. The van der Waals surface area contributed by atoms with Gasteiger partial charge in [-0.2, -0.15) is 0 Å². The van der Waals surface area contributed by atoms with Gasteiger partial charge in [0.25, 0.3) is 0 Å². The molecule has 0 heterocycles. The molecule has 0 aromatic heterocycles. The SMILES string of the molecule is Cc1[c-]c2ccc(C)cc2c([Si](C)(C)C)c1.[Li+]. The van der Waals surface area contributed by atoms with E-state index in [0.717, 1.165) is 0 Å². The molecular formula is C15H19LiSi. The van der Waals surface area contributed by atoms with E-state index in [1.165, 1.54) is 21.9 Å². The maximum Gasteiger partial charge on any atom is 1.00 e. The Morgan fingerprint density at radius 1 is 1.00 bits per heavy atom. The zero-order chi connectivity index (χ0) is 11.9. The van der Waals surface area contributed by atoms with E-state index in [1.54, 1.807) is 5.19 Å². The van der Waals surface area contributed by atoms with Gasteiger partial charge in [-0.05, 0) is 6.92 Å². The van der Waals surface area contributed by atoms with Crippen LogP contribution < -0.4 is 24.0 Å². The number of hydrogen-bond acceptors (Lipinski definition) is 0. The van der Waals surface area contributed by atoms with Crippen molar-refractivity contribution in [1.82, 2.24) is 0 Å². The molecular weight excluding hydrogens is 215 g/mol. The Labute approximate surface area is 118 Å². The molecule has 2 aromatic rings. The summed E-state index contributed by atoms with van der Waals surface area (Å²) in [4.78, 5) is 0. The summed E-state index contributed by atoms with van der Waals surface area (Å²) < 4.78 is 0. The number of aryl methyl sites for hydroxylation is 2. The van der Waals surface area contributed by atoms with E-state index >= 15 is 0 Å². The third-order valence-corrected chi connectivity index (χ3v) is 5.00. The summed E-state index contributed by atoms with van der Waals surface area (Å²) in [7, 11) is -1.27. The summed E-state index contributed by atoms with van der Waals surface area (Å²) in [5.74, 6) is 0. The Hall–Kier alpha value is -0.486. The van der Waals surface area contributed by atoms with Gasteiger partial charge in [-0.3, -0.25) is 0 Å². The predicted octanol–water partition coefficient (Wildman–Crippen LogP) is 0.806. The van der Waals surface area contributed by atoms with Gasteiger partial charge in [0.2, 0.25) is 0 Å². The average molecular weight is 234 g/mol. The molecule has 0 amide bonds. The second kappa shape index (κ2) is 5.02. The average Bonchev–Trinajstić information content (AvgIpc) is 2.16. The number of fused-ring (bicyclic) bond motifs is 1. The Bertz CT molecular complexity index is 538. The van der Waals surface area contributed by atoms with Crippen molar-refractivity contribution in [3.05, 3.63) is 41.5 Å². The number of hydrogen-bond donors (Lipinski definition) is 0. The minimum Gasteiger partial charge on any atom is -0.143 e. The molecule has 0 atom stereocenters. The van der Waals surface area contributed by atoms with Crippen LogP contribution in [0.3, 0.4) is 0 Å². The van der Waals surface area contributed by atoms with Crippen molar-refractivity contribution < 1.29 is 18.9 Å². The van der Waals surface area contributed by atoms with Crippen LogP contribution in [0.15, 0.2) is 24.3 Å². The van der Waals surface area contributed by atoms with Gasteiger partial charge < -0.3 is 0 Å². The maximum absolute atomic E-state index is 3.45. The standard InChI is InChI=1S/C15H19Si.Li/c1-11-6-7-13-8-12(2)10-15(14(13)9-11)16(3,4)5;/h6-7,9-10H,1-5H3;/q-1;+1. The van der Waals surface area contributed by atoms with Gasteiger partial charge >= 0.3 is 18.9 Å². The third-order valence-electron chi connectivity index (χ3n) is 2.97. The number of benzene rings is 2. The first kappa shape index (κ1) is 14.6. The van der Waals surface area contributed by atoms with Crippen LogP contribution in [-0.4, -0.2) is 8.07 Å². The molecule has 0 saturated heterocycles. The molecule has 0 saturated carbocycles. The zero-order valence-electron chi connectivity index (χ0n) is 11.8. The third kappa shape index (κ3) is 3.04. The Kier molecular flexibility index (Phi) is 4.30. The van der Waals surface area contributed by atoms with Gasteiger partial charge in [-0.1, -0.05) is 38.2 Å². The van der Waals surface area contributed by atoms with E-state index in [-0.39, 0.29) is 18.9 Å². The summed E-state index contributed by atoms with van der Waals surface area (Å²) in [6.07, 6.45) is 0. The van der Waals surface area contributed by atoms with Crippen molar-refractivity contribution in [2.45, 2.75) is 33.5 Å². The minimum atomic E-state index is -1.27. The monoisotopic (exact) mass is 234 g/mol. The van der Waals surface area contributed by atoms with E-state index in [0.29, 0.717) is 0 Å². The predicted molar refractivity (Wildman–Crippen MR) is 75.2 cm³/mol. The first-order valence-corrected chi connectivity index (χ1v) is 9.32. The van der Waals surface area contributed by atoms with Crippen molar-refractivity contribution in [2.75, 3.05) is 0 Å². The van der Waals surface area contributed by atoms with Gasteiger partial charge in [0.15, 0.2) is 0 Å². The summed E-state index contributed by atoms with van der Waals surface area (Å²) in [5, 5.41) is 4.23. The summed E-state index contributed by atoms with van der Waals surface area (Å²) in [6.45, 7) is 11.5.